The molecule has 9 nitrogen and oxygen atoms in total. The molecule has 2 saturated heterocycles. The van der Waals surface area contributed by atoms with Crippen LogP contribution in [0.15, 0.2) is 47.4 Å². The highest BCUT2D eigenvalue weighted by atomic mass is 32.2. The number of anilines is 3. The topological polar surface area (TPSA) is 111 Å². The van der Waals surface area contributed by atoms with Gasteiger partial charge in [-0.1, -0.05) is 6.92 Å². The smallest absolute Gasteiger partial charge is 0.261 e. The molecule has 1 atom stereocenters. The van der Waals surface area contributed by atoms with Crippen LogP contribution in [0.4, 0.5) is 17.1 Å². The van der Waals surface area contributed by atoms with Gasteiger partial charge in [0.05, 0.1) is 16.3 Å². The summed E-state index contributed by atoms with van der Waals surface area (Å²) in [5.74, 6) is 0.138. The third kappa shape index (κ3) is 6.12. The fraction of sp³-hybridized carbons (Fsp3) is 0.440. The van der Waals surface area contributed by atoms with E-state index in [0.717, 1.165) is 44.7 Å². The number of piperazine rings is 1. The summed E-state index contributed by atoms with van der Waals surface area (Å²) in [5.41, 5.74) is 2.11. The fourth-order valence-corrected chi connectivity index (χ4v) is 5.68. The van der Waals surface area contributed by atoms with Crippen LogP contribution in [-0.4, -0.2) is 64.4 Å². The lowest BCUT2D eigenvalue weighted by Gasteiger charge is -2.33. The number of carbonyl (C=O) groups is 2. The molecular weight excluding hydrogens is 466 g/mol. The summed E-state index contributed by atoms with van der Waals surface area (Å²) in [5, 5.41) is 5.93. The highest BCUT2D eigenvalue weighted by Crippen LogP contribution is 2.31. The molecule has 35 heavy (non-hydrogen) atoms. The summed E-state index contributed by atoms with van der Waals surface area (Å²) < 4.78 is 29.3. The molecule has 2 aromatic carbocycles. The number of likely N-dealkylation sites (tertiary alicyclic amines) is 1. The van der Waals surface area contributed by atoms with E-state index in [0.29, 0.717) is 35.9 Å². The van der Waals surface area contributed by atoms with Crippen LogP contribution in [0.1, 0.15) is 37.0 Å². The molecular formula is C25H33N5O4S. The van der Waals surface area contributed by atoms with Crippen molar-refractivity contribution in [3.05, 3.63) is 48.0 Å². The number of nitrogens with zero attached hydrogens (tertiary/aromatic N) is 2. The van der Waals surface area contributed by atoms with E-state index in [4.69, 9.17) is 0 Å². The molecule has 0 radical (unpaired) electrons. The van der Waals surface area contributed by atoms with Gasteiger partial charge in [-0.2, -0.15) is 0 Å². The molecule has 2 aliphatic heterocycles. The minimum atomic E-state index is -3.93. The first-order valence-corrected chi connectivity index (χ1v) is 13.5. The average molecular weight is 500 g/mol. The maximum atomic E-state index is 13.3. The van der Waals surface area contributed by atoms with Crippen molar-refractivity contribution in [3.63, 3.8) is 0 Å². The number of hydrogen-bond donors (Lipinski definition) is 3. The Bertz CT molecular complexity index is 1180. The Morgan fingerprint density at radius 2 is 1.74 bits per heavy atom. The first-order valence-electron chi connectivity index (χ1n) is 12.0. The second kappa shape index (κ2) is 10.7. The maximum Gasteiger partial charge on any atom is 0.261 e. The Balaban J connectivity index is 1.64. The second-order valence-electron chi connectivity index (χ2n) is 9.28. The van der Waals surface area contributed by atoms with Crippen LogP contribution in [0, 0.1) is 5.92 Å². The van der Waals surface area contributed by atoms with E-state index >= 15 is 0 Å². The standard InChI is InChI=1S/C25H33N5O4S/c1-18-4-3-13-30(17-18)25(32)20-5-10-24(29-14-11-26-12-15-29)23(16-20)28-35(33,34)22-8-6-21(7-9-22)27-19(2)31/h5-10,16,18,26,28H,3-4,11-15,17H2,1-2H3,(H,27,31)/t18-/m1/s1. The van der Waals surface area contributed by atoms with Gasteiger partial charge in [-0.25, -0.2) is 8.42 Å². The molecule has 0 aliphatic carbocycles. The van der Waals surface area contributed by atoms with Crippen molar-refractivity contribution in [2.75, 3.05) is 54.2 Å². The number of carbonyl (C=O) groups excluding carboxylic acids is 2. The molecule has 0 saturated carbocycles. The first-order chi connectivity index (χ1) is 16.7. The third-order valence-electron chi connectivity index (χ3n) is 6.37. The highest BCUT2D eigenvalue weighted by Gasteiger charge is 2.25. The quantitative estimate of drug-likeness (QED) is 0.564. The van der Waals surface area contributed by atoms with Gasteiger partial charge in [-0.05, 0) is 61.2 Å². The summed E-state index contributed by atoms with van der Waals surface area (Å²) >= 11 is 0. The molecule has 2 aromatic rings. The number of nitrogens with one attached hydrogen (secondary N) is 3. The average Bonchev–Trinajstić information content (AvgIpc) is 2.84. The van der Waals surface area contributed by atoms with Gasteiger partial charge in [0.2, 0.25) is 5.91 Å². The van der Waals surface area contributed by atoms with Gasteiger partial charge < -0.3 is 20.4 Å². The number of sulfonamides is 1. The summed E-state index contributed by atoms with van der Waals surface area (Å²) in [7, 11) is -3.93. The van der Waals surface area contributed by atoms with Crippen molar-refractivity contribution in [1.82, 2.24) is 10.2 Å². The number of hydrogen-bond acceptors (Lipinski definition) is 6. The Hall–Kier alpha value is -3.11. The van der Waals surface area contributed by atoms with Crippen LogP contribution >= 0.6 is 0 Å². The third-order valence-corrected chi connectivity index (χ3v) is 7.76. The van der Waals surface area contributed by atoms with Gasteiger partial charge in [0.15, 0.2) is 0 Å². The van der Waals surface area contributed by atoms with E-state index in [1.807, 2.05) is 11.0 Å². The SMILES string of the molecule is CC(=O)Nc1ccc(S(=O)(=O)Nc2cc(C(=O)N3CCC[C@@H](C)C3)ccc2N2CCNCC2)cc1. The molecule has 4 rings (SSSR count). The van der Waals surface area contributed by atoms with Crippen LogP contribution in [0.3, 0.4) is 0 Å². The molecule has 3 N–H and O–H groups in total. The van der Waals surface area contributed by atoms with E-state index in [1.54, 1.807) is 24.3 Å². The molecule has 2 aliphatic rings. The Morgan fingerprint density at radius 1 is 1.03 bits per heavy atom. The van der Waals surface area contributed by atoms with E-state index in [-0.39, 0.29) is 16.7 Å². The Kier molecular flexibility index (Phi) is 7.61. The maximum absolute atomic E-state index is 13.3. The zero-order valence-corrected chi connectivity index (χ0v) is 21.0. The van der Waals surface area contributed by atoms with Gasteiger partial charge in [0, 0.05) is 57.4 Å². The van der Waals surface area contributed by atoms with Gasteiger partial charge in [0.1, 0.15) is 0 Å². The predicted octanol–water partition coefficient (Wildman–Crippen LogP) is 2.73. The highest BCUT2D eigenvalue weighted by molar-refractivity contribution is 7.92. The Labute approximate surface area is 206 Å². The van der Waals surface area contributed by atoms with Gasteiger partial charge in [-0.15, -0.1) is 0 Å². The molecule has 10 heteroatoms. The number of amides is 2. The minimum absolute atomic E-state index is 0.0689. The molecule has 0 bridgehead atoms. The van der Waals surface area contributed by atoms with E-state index in [1.165, 1.54) is 19.1 Å². The van der Waals surface area contributed by atoms with Crippen LogP contribution in [0.2, 0.25) is 0 Å². The number of rotatable bonds is 6. The van der Waals surface area contributed by atoms with Gasteiger partial charge in [0.25, 0.3) is 15.9 Å². The zero-order chi connectivity index (χ0) is 25.0. The van der Waals surface area contributed by atoms with E-state index < -0.39 is 10.0 Å². The number of piperidine rings is 1. The number of benzene rings is 2. The molecule has 0 aromatic heterocycles. The lowest BCUT2D eigenvalue weighted by atomic mass is 9.99. The van der Waals surface area contributed by atoms with Crippen molar-refractivity contribution < 1.29 is 18.0 Å². The predicted molar refractivity (Wildman–Crippen MR) is 137 cm³/mol. The van der Waals surface area contributed by atoms with E-state index in [2.05, 4.69) is 27.2 Å². The van der Waals surface area contributed by atoms with Crippen molar-refractivity contribution in [3.8, 4) is 0 Å². The zero-order valence-electron chi connectivity index (χ0n) is 20.2. The first kappa shape index (κ1) is 25.0. The monoisotopic (exact) mass is 499 g/mol. The van der Waals surface area contributed by atoms with Crippen molar-refractivity contribution >= 4 is 38.9 Å². The van der Waals surface area contributed by atoms with Crippen LogP contribution < -0.4 is 20.3 Å². The van der Waals surface area contributed by atoms with Crippen LogP contribution in [-0.2, 0) is 14.8 Å². The summed E-state index contributed by atoms with van der Waals surface area (Å²) in [6, 6.07) is 11.3. The van der Waals surface area contributed by atoms with Gasteiger partial charge >= 0.3 is 0 Å². The molecule has 2 amide bonds. The molecule has 2 heterocycles. The lowest BCUT2D eigenvalue weighted by Crippen LogP contribution is -2.44. The largest absolute Gasteiger partial charge is 0.367 e. The lowest BCUT2D eigenvalue weighted by molar-refractivity contribution is -0.114. The molecule has 0 unspecified atom stereocenters. The molecule has 2 fully saturated rings. The van der Waals surface area contributed by atoms with E-state index in [9.17, 15) is 18.0 Å². The van der Waals surface area contributed by atoms with Crippen LogP contribution in [0.25, 0.3) is 0 Å². The second-order valence-corrected chi connectivity index (χ2v) is 11.0. The normalized spacial score (nSPS) is 18.7. The van der Waals surface area contributed by atoms with Crippen molar-refractivity contribution in [2.45, 2.75) is 31.6 Å². The molecule has 0 spiro atoms. The summed E-state index contributed by atoms with van der Waals surface area (Å²) in [6.45, 7) is 8.01. The van der Waals surface area contributed by atoms with Crippen molar-refractivity contribution in [1.29, 1.82) is 0 Å². The fourth-order valence-electron chi connectivity index (χ4n) is 4.61. The van der Waals surface area contributed by atoms with Crippen molar-refractivity contribution in [2.24, 2.45) is 5.92 Å². The minimum Gasteiger partial charge on any atom is -0.367 e. The van der Waals surface area contributed by atoms with Crippen LogP contribution in [0.5, 0.6) is 0 Å². The van der Waals surface area contributed by atoms with Gasteiger partial charge in [-0.3, -0.25) is 14.3 Å². The summed E-state index contributed by atoms with van der Waals surface area (Å²) in [4.78, 5) is 28.5. The molecule has 188 valence electrons. The Morgan fingerprint density at radius 3 is 2.40 bits per heavy atom. The summed E-state index contributed by atoms with van der Waals surface area (Å²) in [6.07, 6.45) is 2.08.